The first-order chi connectivity index (χ1) is 10.7. The Balaban J connectivity index is 1.53. The molecule has 2 aliphatic rings. The number of aryl methyl sites for hydroxylation is 2. The van der Waals surface area contributed by atoms with Gasteiger partial charge in [-0.05, 0) is 43.2 Å². The van der Waals surface area contributed by atoms with E-state index in [0.717, 1.165) is 25.3 Å². The largest absolute Gasteiger partial charge is 0.314 e. The zero-order valence-electron chi connectivity index (χ0n) is 13.5. The first-order valence-electron chi connectivity index (χ1n) is 8.46. The van der Waals surface area contributed by atoms with Gasteiger partial charge in [0.05, 0.1) is 6.54 Å². The number of aromatic nitrogens is 3. The Morgan fingerprint density at radius 2 is 2.18 bits per heavy atom. The minimum absolute atomic E-state index is 0.437. The summed E-state index contributed by atoms with van der Waals surface area (Å²) < 4.78 is 2.31. The van der Waals surface area contributed by atoms with Crippen molar-refractivity contribution in [1.29, 1.82) is 0 Å². The van der Waals surface area contributed by atoms with E-state index in [1.165, 1.54) is 41.8 Å². The van der Waals surface area contributed by atoms with Crippen LogP contribution in [0.3, 0.4) is 0 Å². The Bertz CT molecular complexity index is 688. The van der Waals surface area contributed by atoms with Gasteiger partial charge in [0.1, 0.15) is 11.6 Å². The highest BCUT2D eigenvalue weighted by Gasteiger charge is 2.29. The summed E-state index contributed by atoms with van der Waals surface area (Å²) in [6.45, 7) is 6.41. The summed E-state index contributed by atoms with van der Waals surface area (Å²) in [5.74, 6) is 2.90. The maximum Gasteiger partial charge on any atom is 0.147 e. The average molecular weight is 296 g/mol. The second kappa shape index (κ2) is 5.51. The molecule has 1 N–H and O–H groups in total. The third kappa shape index (κ3) is 2.35. The molecule has 1 aromatic heterocycles. The van der Waals surface area contributed by atoms with Crippen LogP contribution in [0.5, 0.6) is 0 Å². The third-order valence-corrected chi connectivity index (χ3v) is 5.16. The Kier molecular flexibility index (Phi) is 3.49. The lowest BCUT2D eigenvalue weighted by Gasteiger charge is -2.20. The second-order valence-electron chi connectivity index (χ2n) is 6.88. The molecule has 1 aromatic carbocycles. The van der Waals surface area contributed by atoms with Crippen molar-refractivity contribution in [1.82, 2.24) is 20.1 Å². The molecule has 1 aliphatic heterocycles. The Hall–Kier alpha value is -1.68. The molecule has 4 nitrogen and oxygen atoms in total. The van der Waals surface area contributed by atoms with Crippen LogP contribution in [-0.2, 0) is 25.9 Å². The first-order valence-corrected chi connectivity index (χ1v) is 8.46. The van der Waals surface area contributed by atoms with Crippen LogP contribution in [0, 0.1) is 12.8 Å². The summed E-state index contributed by atoms with van der Waals surface area (Å²) in [5.41, 5.74) is 4.32. The number of rotatable bonds is 3. The summed E-state index contributed by atoms with van der Waals surface area (Å²) in [6.07, 6.45) is 4.75. The molecule has 4 rings (SSSR count). The summed E-state index contributed by atoms with van der Waals surface area (Å²) in [4.78, 5) is 0. The fourth-order valence-corrected chi connectivity index (χ4v) is 3.97. The van der Waals surface area contributed by atoms with Crippen LogP contribution < -0.4 is 5.32 Å². The molecule has 1 aliphatic carbocycles. The van der Waals surface area contributed by atoms with Gasteiger partial charge in [0.2, 0.25) is 0 Å². The molecule has 2 unspecified atom stereocenters. The maximum atomic E-state index is 4.41. The van der Waals surface area contributed by atoms with Gasteiger partial charge < -0.3 is 9.88 Å². The summed E-state index contributed by atoms with van der Waals surface area (Å²) in [6, 6.07) is 7.30. The van der Waals surface area contributed by atoms with E-state index in [4.69, 9.17) is 0 Å². The molecule has 0 spiro atoms. The lowest BCUT2D eigenvalue weighted by Crippen LogP contribution is -2.26. The molecule has 22 heavy (non-hydrogen) atoms. The third-order valence-electron chi connectivity index (χ3n) is 5.16. The van der Waals surface area contributed by atoms with Crippen LogP contribution in [-0.4, -0.2) is 14.8 Å². The van der Waals surface area contributed by atoms with Crippen LogP contribution in [0.1, 0.15) is 54.1 Å². The SMILES string of the molecule is Cc1ccc2c(c1)C(NCc1nnc3n1CCCC3)C(C)C2. The molecule has 0 saturated carbocycles. The van der Waals surface area contributed by atoms with Gasteiger partial charge in [-0.1, -0.05) is 30.7 Å². The van der Waals surface area contributed by atoms with Crippen molar-refractivity contribution in [3.8, 4) is 0 Å². The minimum atomic E-state index is 0.437. The zero-order chi connectivity index (χ0) is 15.1. The average Bonchev–Trinajstić information content (AvgIpc) is 3.06. The summed E-state index contributed by atoms with van der Waals surface area (Å²) >= 11 is 0. The zero-order valence-corrected chi connectivity index (χ0v) is 13.5. The first kappa shape index (κ1) is 13.9. The number of fused-ring (bicyclic) bond motifs is 2. The molecule has 0 bridgehead atoms. The van der Waals surface area contributed by atoms with E-state index in [0.29, 0.717) is 12.0 Å². The molecule has 2 aromatic rings. The number of benzene rings is 1. The predicted molar refractivity (Wildman–Crippen MR) is 86.6 cm³/mol. The molecule has 2 atom stereocenters. The van der Waals surface area contributed by atoms with Crippen LogP contribution in [0.15, 0.2) is 18.2 Å². The van der Waals surface area contributed by atoms with Gasteiger partial charge in [-0.25, -0.2) is 0 Å². The van der Waals surface area contributed by atoms with E-state index in [-0.39, 0.29) is 0 Å². The lowest BCUT2D eigenvalue weighted by atomic mass is 10.0. The fourth-order valence-electron chi connectivity index (χ4n) is 3.97. The standard InChI is InChI=1S/C18H24N4/c1-12-6-7-14-10-13(2)18(15(14)9-12)19-11-17-21-20-16-5-3-4-8-22(16)17/h6-7,9,13,18-19H,3-5,8,10-11H2,1-2H3. The minimum Gasteiger partial charge on any atom is -0.314 e. The van der Waals surface area contributed by atoms with E-state index < -0.39 is 0 Å². The summed E-state index contributed by atoms with van der Waals surface area (Å²) in [5, 5.41) is 12.5. The van der Waals surface area contributed by atoms with Crippen molar-refractivity contribution in [3.63, 3.8) is 0 Å². The monoisotopic (exact) mass is 296 g/mol. The van der Waals surface area contributed by atoms with Crippen molar-refractivity contribution < 1.29 is 0 Å². The van der Waals surface area contributed by atoms with Gasteiger partial charge >= 0.3 is 0 Å². The Labute approximate surface area is 132 Å². The molecule has 2 heterocycles. The van der Waals surface area contributed by atoms with E-state index in [1.54, 1.807) is 0 Å². The van der Waals surface area contributed by atoms with Gasteiger partial charge in [0, 0.05) is 19.0 Å². The maximum absolute atomic E-state index is 4.41. The lowest BCUT2D eigenvalue weighted by molar-refractivity contribution is 0.401. The highest BCUT2D eigenvalue weighted by atomic mass is 15.3. The Morgan fingerprint density at radius 3 is 3.09 bits per heavy atom. The topological polar surface area (TPSA) is 42.7 Å². The smallest absolute Gasteiger partial charge is 0.147 e. The van der Waals surface area contributed by atoms with Gasteiger partial charge in [-0.3, -0.25) is 0 Å². The van der Waals surface area contributed by atoms with Crippen LogP contribution in [0.4, 0.5) is 0 Å². The fraction of sp³-hybridized carbons (Fsp3) is 0.556. The number of nitrogens with one attached hydrogen (secondary N) is 1. The van der Waals surface area contributed by atoms with Crippen LogP contribution >= 0.6 is 0 Å². The molecular formula is C18H24N4. The molecule has 0 amide bonds. The molecule has 0 radical (unpaired) electrons. The van der Waals surface area contributed by atoms with Gasteiger partial charge in [-0.15, -0.1) is 10.2 Å². The van der Waals surface area contributed by atoms with E-state index in [9.17, 15) is 0 Å². The number of hydrogen-bond donors (Lipinski definition) is 1. The van der Waals surface area contributed by atoms with Gasteiger partial charge in [0.25, 0.3) is 0 Å². The number of nitrogens with zero attached hydrogens (tertiary/aromatic N) is 3. The molecule has 4 heteroatoms. The second-order valence-corrected chi connectivity index (χ2v) is 6.88. The normalized spacial score (nSPS) is 23.4. The quantitative estimate of drug-likeness (QED) is 0.947. The van der Waals surface area contributed by atoms with E-state index in [2.05, 4.69) is 52.1 Å². The number of hydrogen-bond acceptors (Lipinski definition) is 3. The highest BCUT2D eigenvalue weighted by molar-refractivity contribution is 5.38. The van der Waals surface area contributed by atoms with Crippen molar-refractivity contribution >= 4 is 0 Å². The predicted octanol–water partition coefficient (Wildman–Crippen LogP) is 2.95. The molecular weight excluding hydrogens is 272 g/mol. The van der Waals surface area contributed by atoms with E-state index >= 15 is 0 Å². The van der Waals surface area contributed by atoms with Crippen molar-refractivity contribution in [2.75, 3.05) is 0 Å². The van der Waals surface area contributed by atoms with Gasteiger partial charge in [-0.2, -0.15) is 0 Å². The molecule has 0 saturated heterocycles. The van der Waals surface area contributed by atoms with Crippen molar-refractivity contribution in [3.05, 3.63) is 46.5 Å². The molecule has 116 valence electrons. The Morgan fingerprint density at radius 1 is 1.27 bits per heavy atom. The summed E-state index contributed by atoms with van der Waals surface area (Å²) in [7, 11) is 0. The van der Waals surface area contributed by atoms with E-state index in [1.807, 2.05) is 0 Å². The highest BCUT2D eigenvalue weighted by Crippen LogP contribution is 2.36. The molecule has 0 fully saturated rings. The van der Waals surface area contributed by atoms with Gasteiger partial charge in [0.15, 0.2) is 0 Å². The van der Waals surface area contributed by atoms with Crippen molar-refractivity contribution in [2.24, 2.45) is 5.92 Å². The van der Waals surface area contributed by atoms with Crippen LogP contribution in [0.25, 0.3) is 0 Å². The van der Waals surface area contributed by atoms with Crippen molar-refractivity contribution in [2.45, 2.75) is 58.7 Å². The van der Waals surface area contributed by atoms with Crippen LogP contribution in [0.2, 0.25) is 0 Å².